The Kier molecular flexibility index (Phi) is 20.2. The number of allylic oxidation sites excluding steroid dienone is 18. The second kappa shape index (κ2) is 26.1. The molecule has 374 valence electrons. The van der Waals surface area contributed by atoms with Gasteiger partial charge in [-0.15, -0.1) is 11.5 Å². The number of nitrogens with one attached hydrogen (secondary N) is 2. The number of carbonyl (C=O) groups excluding carboxylic acids is 2. The summed E-state index contributed by atoms with van der Waals surface area (Å²) < 4.78 is 18.7. The highest BCUT2D eigenvalue weighted by Crippen LogP contribution is 2.42. The normalized spacial score (nSPS) is 16.9. The fourth-order valence-electron chi connectivity index (χ4n) is 8.86. The zero-order valence-electron chi connectivity index (χ0n) is 43.5. The second-order valence-electron chi connectivity index (χ2n) is 19.9. The molecule has 0 bridgehead atoms. The molecule has 0 fully saturated rings. The van der Waals surface area contributed by atoms with Crippen LogP contribution in [0.4, 0.5) is 0 Å². The van der Waals surface area contributed by atoms with Crippen LogP contribution >= 0.6 is 0 Å². The van der Waals surface area contributed by atoms with Crippen molar-refractivity contribution >= 4 is 33.8 Å². The predicted octanol–water partition coefficient (Wildman–Crippen LogP) is 13.0. The van der Waals surface area contributed by atoms with Gasteiger partial charge in [0.25, 0.3) is 0 Å². The van der Waals surface area contributed by atoms with Crippen LogP contribution < -0.4 is 21.0 Å². The fourth-order valence-corrected chi connectivity index (χ4v) is 8.86. The number of terminal acetylenes is 1. The first-order valence-corrected chi connectivity index (χ1v) is 24.6. The van der Waals surface area contributed by atoms with Gasteiger partial charge in [-0.2, -0.15) is 0 Å². The van der Waals surface area contributed by atoms with E-state index in [9.17, 15) is 14.4 Å². The molecule has 2 N–H and O–H groups in total. The minimum Gasteiger partial charge on any atom is -0.486 e. The van der Waals surface area contributed by atoms with Gasteiger partial charge in [0.2, 0.25) is 17.6 Å². The molecule has 0 unspecified atom stereocenters. The van der Waals surface area contributed by atoms with E-state index in [1.54, 1.807) is 35.4 Å². The van der Waals surface area contributed by atoms with Gasteiger partial charge in [-0.25, -0.2) is 4.79 Å². The lowest BCUT2D eigenvalue weighted by molar-refractivity contribution is -0.117. The molecule has 11 nitrogen and oxygen atoms in total. The highest BCUT2D eigenvalue weighted by atomic mass is 16.5. The van der Waals surface area contributed by atoms with Crippen molar-refractivity contribution in [3.8, 4) is 18.1 Å². The van der Waals surface area contributed by atoms with E-state index in [-0.39, 0.29) is 35.7 Å². The zero-order chi connectivity index (χ0) is 51.6. The van der Waals surface area contributed by atoms with Crippen LogP contribution in [0.25, 0.3) is 21.9 Å². The molecule has 0 spiro atoms. The van der Waals surface area contributed by atoms with Gasteiger partial charge in [-0.3, -0.25) is 14.3 Å². The van der Waals surface area contributed by atoms with Crippen molar-refractivity contribution < 1.29 is 23.2 Å². The molecule has 2 aliphatic rings. The largest absolute Gasteiger partial charge is 0.486 e. The summed E-state index contributed by atoms with van der Waals surface area (Å²) in [6.45, 7) is 23.2. The molecule has 0 saturated heterocycles. The number of furan rings is 1. The standard InChI is InChI=1S/C37H42N4O5.C23H31NO/c1-25(12-14-31-27(3)11-7-17-37(31,4)5)9-6-10-26(2)21-32(42)38-23-30-24-41(40-39-30)18-8-19-44-36-34-29(16-20-45-34)22-28-13-15-33(43)46-35(28)36;1-7-16-24-22(25)17-19(3)11-8-10-18(2)13-14-21-20(4)12-9-15-23(21,5)6/h6,9-10,12-16,20-22,24H,7-8,11,17-19,23H2,1-5H3,(H,38,42);1,8,10-11,13-14,17H,9,12,15-16H2,2-6H3,(H,24,25)/b10-6+,14-12+,25-9+,26-21+;11-8+,14-13+,18-10+,19-17+. The van der Waals surface area contributed by atoms with Crippen LogP contribution in [-0.2, 0) is 22.7 Å². The van der Waals surface area contributed by atoms with Crippen LogP contribution in [0, 0.1) is 23.2 Å². The lowest BCUT2D eigenvalue weighted by Gasteiger charge is -2.33. The zero-order valence-corrected chi connectivity index (χ0v) is 43.5. The van der Waals surface area contributed by atoms with Crippen LogP contribution in [0.3, 0.4) is 0 Å². The number of nitrogens with zero attached hydrogens (tertiary/aromatic N) is 3. The maximum Gasteiger partial charge on any atom is 0.336 e. The summed E-state index contributed by atoms with van der Waals surface area (Å²) in [6, 6.07) is 6.82. The van der Waals surface area contributed by atoms with E-state index in [0.29, 0.717) is 42.2 Å². The molecule has 6 rings (SSSR count). The molecule has 0 saturated carbocycles. The number of aryl methyl sites for hydroxylation is 1. The van der Waals surface area contributed by atoms with Crippen molar-refractivity contribution in [2.75, 3.05) is 13.2 Å². The SMILES string of the molecule is C#CCNC(=O)/C=C(C)/C=C/C=C(C)/C=C/C1=C(C)CCCC1(C)C.CC1=C(/C=C/C(C)=C/C=C/C(C)=C/C(=O)NCc2cn(CCCOc3c4occc4cc4ccc(=O)oc34)nn2)C(C)(C)CCC1. The number of ether oxygens (including phenoxy) is 1. The Labute approximate surface area is 420 Å². The molecule has 3 heterocycles. The van der Waals surface area contributed by atoms with Crippen LogP contribution in [0.15, 0.2) is 168 Å². The molecular formula is C60H73N5O6. The van der Waals surface area contributed by atoms with Crippen molar-refractivity contribution in [2.45, 2.75) is 127 Å². The van der Waals surface area contributed by atoms with Crippen molar-refractivity contribution in [3.05, 3.63) is 170 Å². The number of hydrogen-bond acceptors (Lipinski definition) is 8. The molecule has 1 aromatic carbocycles. The molecule has 2 aliphatic carbocycles. The topological polar surface area (TPSA) is 141 Å². The van der Waals surface area contributed by atoms with Crippen LogP contribution in [-0.4, -0.2) is 40.0 Å². The molecule has 0 atom stereocenters. The summed E-state index contributed by atoms with van der Waals surface area (Å²) in [5.41, 5.74) is 11.6. The van der Waals surface area contributed by atoms with E-state index in [1.165, 1.54) is 72.5 Å². The molecule has 0 aliphatic heterocycles. The van der Waals surface area contributed by atoms with Gasteiger partial charge in [0.15, 0.2) is 11.2 Å². The maximum absolute atomic E-state index is 12.5. The molecule has 4 aromatic rings. The summed E-state index contributed by atoms with van der Waals surface area (Å²) in [5.74, 6) is 2.43. The van der Waals surface area contributed by atoms with Crippen molar-refractivity contribution in [1.29, 1.82) is 0 Å². The van der Waals surface area contributed by atoms with Gasteiger partial charge in [0.1, 0.15) is 5.69 Å². The molecule has 3 aromatic heterocycles. The molecule has 11 heteroatoms. The Morgan fingerprint density at radius 3 is 1.96 bits per heavy atom. The molecule has 0 radical (unpaired) electrons. The van der Waals surface area contributed by atoms with Crippen molar-refractivity contribution in [3.63, 3.8) is 0 Å². The third-order valence-corrected chi connectivity index (χ3v) is 12.7. The van der Waals surface area contributed by atoms with E-state index in [2.05, 4.69) is 119 Å². The minimum absolute atomic E-state index is 0.164. The smallest absolute Gasteiger partial charge is 0.336 e. The number of fused-ring (bicyclic) bond motifs is 2. The average Bonchev–Trinajstić information content (AvgIpc) is 3.98. The van der Waals surface area contributed by atoms with Crippen LogP contribution in [0.1, 0.15) is 120 Å². The van der Waals surface area contributed by atoms with E-state index in [0.717, 1.165) is 27.5 Å². The summed E-state index contributed by atoms with van der Waals surface area (Å²) >= 11 is 0. The number of benzene rings is 1. The van der Waals surface area contributed by atoms with Gasteiger partial charge >= 0.3 is 5.63 Å². The van der Waals surface area contributed by atoms with Gasteiger partial charge in [0, 0.05) is 42.0 Å². The number of aromatic nitrogens is 3. The predicted molar refractivity (Wildman–Crippen MR) is 288 cm³/mol. The lowest BCUT2D eigenvalue weighted by atomic mass is 9.72. The summed E-state index contributed by atoms with van der Waals surface area (Å²) in [5, 5.41) is 15.4. The first-order valence-electron chi connectivity index (χ1n) is 24.6. The fraction of sp³-hybridized carbons (Fsp3) is 0.383. The van der Waals surface area contributed by atoms with Gasteiger partial charge in [-0.1, -0.05) is 122 Å². The monoisotopic (exact) mass is 960 g/mol. The van der Waals surface area contributed by atoms with Crippen molar-refractivity contribution in [2.24, 2.45) is 10.8 Å². The summed E-state index contributed by atoms with van der Waals surface area (Å²) in [7, 11) is 0. The third-order valence-electron chi connectivity index (χ3n) is 12.7. The van der Waals surface area contributed by atoms with Gasteiger partial charge in [0.05, 0.1) is 32.2 Å². The summed E-state index contributed by atoms with van der Waals surface area (Å²) in [4.78, 5) is 35.8. The maximum atomic E-state index is 12.5. The number of rotatable bonds is 18. The van der Waals surface area contributed by atoms with E-state index < -0.39 is 5.63 Å². The van der Waals surface area contributed by atoms with E-state index in [1.807, 2.05) is 50.3 Å². The third kappa shape index (κ3) is 17.0. The Balaban J connectivity index is 0.000000318. The quantitative estimate of drug-likeness (QED) is 0.0330. The first kappa shape index (κ1) is 54.7. The summed E-state index contributed by atoms with van der Waals surface area (Å²) in [6.07, 6.45) is 40.4. The minimum atomic E-state index is -0.453. The highest BCUT2D eigenvalue weighted by Gasteiger charge is 2.27. The van der Waals surface area contributed by atoms with Crippen molar-refractivity contribution in [1.82, 2.24) is 25.6 Å². The van der Waals surface area contributed by atoms with Gasteiger partial charge in [-0.05, 0) is 131 Å². The highest BCUT2D eigenvalue weighted by molar-refractivity contribution is 6.00. The van der Waals surface area contributed by atoms with E-state index in [4.69, 9.17) is 20.0 Å². The Morgan fingerprint density at radius 1 is 0.803 bits per heavy atom. The Bertz CT molecular complexity index is 2960. The average molecular weight is 960 g/mol. The second-order valence-corrected chi connectivity index (χ2v) is 19.9. The molecule has 71 heavy (non-hydrogen) atoms. The number of hydrogen-bond donors (Lipinski definition) is 2. The van der Waals surface area contributed by atoms with Crippen LogP contribution in [0.2, 0.25) is 0 Å². The Morgan fingerprint density at radius 2 is 1.38 bits per heavy atom. The van der Waals surface area contributed by atoms with Crippen LogP contribution in [0.5, 0.6) is 5.75 Å². The first-order chi connectivity index (χ1) is 33.8. The molecular weight excluding hydrogens is 887 g/mol. The number of amides is 2. The molecule has 2 amide bonds. The van der Waals surface area contributed by atoms with Gasteiger partial charge < -0.3 is 24.2 Å². The lowest BCUT2D eigenvalue weighted by Crippen LogP contribution is -2.21. The van der Waals surface area contributed by atoms with E-state index >= 15 is 0 Å². The number of carbonyl (C=O) groups is 2. The Hall–Kier alpha value is -7.19.